The van der Waals surface area contributed by atoms with Gasteiger partial charge < -0.3 is 4.90 Å². The molecule has 8 heteroatoms. The summed E-state index contributed by atoms with van der Waals surface area (Å²) < 4.78 is 33.9. The van der Waals surface area contributed by atoms with Crippen LogP contribution in [0.5, 0.6) is 0 Å². The van der Waals surface area contributed by atoms with Crippen molar-refractivity contribution in [1.82, 2.24) is 9.62 Å². The van der Waals surface area contributed by atoms with Gasteiger partial charge in [0, 0.05) is 13.0 Å². The van der Waals surface area contributed by atoms with Crippen LogP contribution in [0.25, 0.3) is 0 Å². The Morgan fingerprint density at radius 1 is 0.972 bits per heavy atom. The normalized spacial score (nSPS) is 16.0. The quantitative estimate of drug-likeness (QED) is 0.128. The van der Waals surface area contributed by atoms with Gasteiger partial charge >= 0.3 is 10.3 Å². The number of hydrogen-bond donors (Lipinski definition) is 2. The minimum absolute atomic E-state index is 0.0119. The van der Waals surface area contributed by atoms with Crippen LogP contribution in [0.3, 0.4) is 0 Å². The lowest BCUT2D eigenvalue weighted by atomic mass is 10.0. The van der Waals surface area contributed by atoms with Crippen LogP contribution >= 0.6 is 0 Å². The molecule has 2 rings (SSSR count). The number of benzene rings is 1. The highest BCUT2D eigenvalue weighted by atomic mass is 32.2. The van der Waals surface area contributed by atoms with E-state index >= 15 is 0 Å². The standard InChI is InChI=1S/C28H45N3O4S/c1-2-3-4-5-6-7-8-9-10-11-12-13-14-15-19-22-27(32)26-24-31(23-25-20-17-16-18-21-25)28(29-26)30-36(33,34)35/h9-10,16-18,20-21,26H,2-8,11-15,19,22-24H2,1H3,(H,29,30)(H,33,34,35)/b10-9-. The van der Waals surface area contributed by atoms with Gasteiger partial charge in [-0.25, -0.2) is 9.71 Å². The van der Waals surface area contributed by atoms with Gasteiger partial charge in [-0.05, 0) is 37.7 Å². The molecule has 2 N–H and O–H groups in total. The number of carbonyl (C=O) groups excluding carboxylic acids is 1. The van der Waals surface area contributed by atoms with Crippen LogP contribution in [0.2, 0.25) is 0 Å². The van der Waals surface area contributed by atoms with Crippen LogP contribution in [0.15, 0.2) is 47.5 Å². The minimum atomic E-state index is -4.46. The van der Waals surface area contributed by atoms with E-state index in [1.165, 1.54) is 57.8 Å². The number of ketones is 1. The molecule has 0 aromatic heterocycles. The van der Waals surface area contributed by atoms with E-state index in [-0.39, 0.29) is 11.7 Å². The van der Waals surface area contributed by atoms with Crippen molar-refractivity contribution >= 4 is 22.0 Å². The van der Waals surface area contributed by atoms with Gasteiger partial charge in [0.25, 0.3) is 0 Å². The monoisotopic (exact) mass is 519 g/mol. The summed E-state index contributed by atoms with van der Waals surface area (Å²) in [4.78, 5) is 18.7. The van der Waals surface area contributed by atoms with E-state index < -0.39 is 16.3 Å². The second kappa shape index (κ2) is 17.3. The van der Waals surface area contributed by atoms with Gasteiger partial charge in [-0.2, -0.15) is 8.42 Å². The number of Topliss-reactive ketones (excluding diaryl/α,β-unsaturated/α-hetero) is 1. The van der Waals surface area contributed by atoms with Gasteiger partial charge in [-0.15, -0.1) is 0 Å². The third-order valence-electron chi connectivity index (χ3n) is 6.46. The first kappa shape index (κ1) is 30.0. The molecular weight excluding hydrogens is 474 g/mol. The van der Waals surface area contributed by atoms with Gasteiger partial charge in [0.05, 0.1) is 6.54 Å². The molecule has 0 spiro atoms. The molecule has 0 aliphatic carbocycles. The van der Waals surface area contributed by atoms with Crippen LogP contribution < -0.4 is 4.72 Å². The molecule has 1 aliphatic rings. The van der Waals surface area contributed by atoms with Crippen molar-refractivity contribution in [1.29, 1.82) is 0 Å². The zero-order valence-corrected chi connectivity index (χ0v) is 22.7. The number of rotatable bonds is 19. The summed E-state index contributed by atoms with van der Waals surface area (Å²) in [7, 11) is -4.46. The molecule has 7 nitrogen and oxygen atoms in total. The van der Waals surface area contributed by atoms with Crippen LogP contribution in [0.4, 0.5) is 0 Å². The van der Waals surface area contributed by atoms with Crippen LogP contribution in [0, 0.1) is 0 Å². The van der Waals surface area contributed by atoms with Gasteiger partial charge in [0.1, 0.15) is 6.04 Å². The lowest BCUT2D eigenvalue weighted by molar-refractivity contribution is -0.120. The van der Waals surface area contributed by atoms with Crippen molar-refractivity contribution < 1.29 is 17.8 Å². The number of unbranched alkanes of at least 4 members (excludes halogenated alkanes) is 11. The first-order valence-corrected chi connectivity index (χ1v) is 15.1. The predicted molar refractivity (Wildman–Crippen MR) is 147 cm³/mol. The van der Waals surface area contributed by atoms with Gasteiger partial charge in [0.15, 0.2) is 5.78 Å². The first-order valence-electron chi connectivity index (χ1n) is 13.7. The summed E-state index contributed by atoms with van der Waals surface area (Å²) in [5.74, 6) is 0.0297. The lowest BCUT2D eigenvalue weighted by Gasteiger charge is -2.20. The molecule has 0 amide bonds. The van der Waals surface area contributed by atoms with Gasteiger partial charge in [0.2, 0.25) is 5.96 Å². The Bertz CT molecular complexity index is 916. The molecule has 1 aromatic rings. The average molecular weight is 520 g/mol. The van der Waals surface area contributed by atoms with E-state index in [2.05, 4.69) is 24.1 Å². The number of hydrogen-bond acceptors (Lipinski definition) is 5. The number of carbonyl (C=O) groups is 1. The number of nitrogens with zero attached hydrogens (tertiary/aromatic N) is 2. The Labute approximate surface area is 218 Å². The summed E-state index contributed by atoms with van der Waals surface area (Å²) in [5.41, 5.74) is 0.965. The first-order chi connectivity index (χ1) is 17.4. The highest BCUT2D eigenvalue weighted by molar-refractivity contribution is 7.84. The third kappa shape index (κ3) is 13.2. The maximum Gasteiger partial charge on any atom is 0.359 e. The van der Waals surface area contributed by atoms with Crippen LogP contribution in [-0.2, 0) is 21.6 Å². The van der Waals surface area contributed by atoms with Gasteiger partial charge in [-0.1, -0.05) is 101 Å². The van der Waals surface area contributed by atoms with E-state index in [9.17, 15) is 17.8 Å². The Morgan fingerprint density at radius 3 is 2.17 bits per heavy atom. The predicted octanol–water partition coefficient (Wildman–Crippen LogP) is 6.23. The largest absolute Gasteiger partial charge is 0.359 e. The summed E-state index contributed by atoms with van der Waals surface area (Å²) in [6, 6.07) is 8.92. The molecule has 36 heavy (non-hydrogen) atoms. The molecule has 0 saturated carbocycles. The smallest absolute Gasteiger partial charge is 0.335 e. The minimum Gasteiger partial charge on any atom is -0.335 e. The molecule has 1 atom stereocenters. The number of guanidine groups is 1. The van der Waals surface area contributed by atoms with Gasteiger partial charge in [-0.3, -0.25) is 9.35 Å². The Kier molecular flexibility index (Phi) is 14.4. The molecule has 1 unspecified atom stereocenters. The molecule has 1 aromatic carbocycles. The second-order valence-electron chi connectivity index (χ2n) is 9.71. The van der Waals surface area contributed by atoms with E-state index in [1.807, 2.05) is 35.1 Å². The van der Waals surface area contributed by atoms with E-state index in [4.69, 9.17) is 0 Å². The number of aliphatic imine (C=N–C) groups is 1. The summed E-state index contributed by atoms with van der Waals surface area (Å²) in [6.07, 6.45) is 20.8. The fraction of sp³-hybridized carbons (Fsp3) is 0.643. The fourth-order valence-electron chi connectivity index (χ4n) is 4.43. The van der Waals surface area contributed by atoms with E-state index in [0.29, 0.717) is 19.5 Å². The zero-order valence-electron chi connectivity index (χ0n) is 21.9. The molecule has 0 fully saturated rings. The molecule has 0 bridgehead atoms. The third-order valence-corrected chi connectivity index (χ3v) is 6.90. The lowest BCUT2D eigenvalue weighted by Crippen LogP contribution is -2.41. The highest BCUT2D eigenvalue weighted by Crippen LogP contribution is 2.17. The van der Waals surface area contributed by atoms with E-state index in [0.717, 1.165) is 31.2 Å². The maximum absolute atomic E-state index is 12.7. The van der Waals surface area contributed by atoms with Crippen molar-refractivity contribution in [2.45, 2.75) is 109 Å². The van der Waals surface area contributed by atoms with Crippen molar-refractivity contribution in [3.05, 3.63) is 48.0 Å². The van der Waals surface area contributed by atoms with E-state index in [1.54, 1.807) is 4.90 Å². The summed E-state index contributed by atoms with van der Waals surface area (Å²) in [6.45, 7) is 2.95. The SMILES string of the molecule is CCCCCCCC/C=C\CCCCCCCC(=O)C1CN(Cc2ccccc2)C(NS(=O)(=O)O)=N1. The maximum atomic E-state index is 12.7. The second-order valence-corrected chi connectivity index (χ2v) is 10.9. The Morgan fingerprint density at radius 2 is 1.56 bits per heavy atom. The van der Waals surface area contributed by atoms with Crippen molar-refractivity contribution in [2.75, 3.05) is 6.54 Å². The van der Waals surface area contributed by atoms with Crippen LogP contribution in [0.1, 0.15) is 102 Å². The molecule has 0 saturated heterocycles. The topological polar surface area (TPSA) is 99.1 Å². The molecule has 202 valence electrons. The average Bonchev–Trinajstić information content (AvgIpc) is 3.22. The fourth-order valence-corrected chi connectivity index (χ4v) is 4.84. The summed E-state index contributed by atoms with van der Waals surface area (Å²) >= 11 is 0. The molecule has 0 radical (unpaired) electrons. The highest BCUT2D eigenvalue weighted by Gasteiger charge is 2.31. The van der Waals surface area contributed by atoms with Crippen LogP contribution in [-0.4, -0.2) is 42.2 Å². The number of nitrogens with one attached hydrogen (secondary N) is 1. The molecule has 1 aliphatic heterocycles. The van der Waals surface area contributed by atoms with Crippen molar-refractivity contribution in [3.8, 4) is 0 Å². The summed E-state index contributed by atoms with van der Waals surface area (Å²) in [5, 5.41) is 0. The molecular formula is C28H45N3O4S. The molecule has 1 heterocycles. The number of allylic oxidation sites excluding steroid dienone is 2. The Balaban J connectivity index is 1.60. The van der Waals surface area contributed by atoms with Crippen molar-refractivity contribution in [2.24, 2.45) is 4.99 Å². The Hall–Kier alpha value is -2.19. The van der Waals surface area contributed by atoms with Crippen molar-refractivity contribution in [3.63, 3.8) is 0 Å². The zero-order chi connectivity index (χ0) is 26.1.